The number of hydrogen-bond acceptors (Lipinski definition) is 12. The predicted molar refractivity (Wildman–Crippen MR) is 272 cm³/mol. The highest BCUT2D eigenvalue weighted by Gasteiger charge is 2.31. The number of aliphatic hydroxyl groups excluding tert-OH is 2. The molecule has 0 aliphatic rings. The largest absolute Gasteiger partial charge is 0.502 e. The van der Waals surface area contributed by atoms with Crippen LogP contribution in [0.1, 0.15) is 122 Å². The van der Waals surface area contributed by atoms with Crippen LogP contribution < -0.4 is 31.7 Å². The minimum atomic E-state index is -1.03. The first kappa shape index (κ1) is 54.4. The number of fused-ring (bicyclic) bond motifs is 2. The predicted octanol–water partition coefficient (Wildman–Crippen LogP) is 8.28. The molecule has 5 aromatic rings. The summed E-state index contributed by atoms with van der Waals surface area (Å²) in [5.74, 6) is 0.828. The lowest BCUT2D eigenvalue weighted by Gasteiger charge is -2.32. The molecule has 69 heavy (non-hydrogen) atoms. The zero-order chi connectivity index (χ0) is 50.1. The lowest BCUT2D eigenvalue weighted by Crippen LogP contribution is -2.28. The highest BCUT2D eigenvalue weighted by Crippen LogP contribution is 2.42. The zero-order valence-corrected chi connectivity index (χ0v) is 41.6. The Morgan fingerprint density at radius 2 is 1.06 bits per heavy atom. The number of ether oxygens (including phenoxy) is 6. The van der Waals surface area contributed by atoms with Crippen molar-refractivity contribution in [3.8, 4) is 17.2 Å². The van der Waals surface area contributed by atoms with Gasteiger partial charge in [0.2, 0.25) is 0 Å². The SMILES string of the molecule is C=COCCCCOCC(O)COc1ccc(C(C)(C)c2ccc(OCC(O)COCCCCOC=C)c(C(C)(C)CCCCC)c2)cc1-n1c(=O)c2cc3c(=O)n(CCCC)c(=O)c3cc2c1=O. The van der Waals surface area contributed by atoms with E-state index in [0.29, 0.717) is 38.6 Å². The Balaban J connectivity index is 1.52. The van der Waals surface area contributed by atoms with Crippen LogP contribution in [0.3, 0.4) is 0 Å². The van der Waals surface area contributed by atoms with Crippen LogP contribution in [0.4, 0.5) is 0 Å². The average molecular weight is 955 g/mol. The van der Waals surface area contributed by atoms with Crippen LogP contribution >= 0.6 is 0 Å². The van der Waals surface area contributed by atoms with Gasteiger partial charge in [-0.1, -0.05) is 98.6 Å². The molecule has 2 atom stereocenters. The van der Waals surface area contributed by atoms with E-state index in [1.807, 2.05) is 25.1 Å². The van der Waals surface area contributed by atoms with Gasteiger partial charge in [-0.2, -0.15) is 0 Å². The van der Waals surface area contributed by atoms with Gasteiger partial charge >= 0.3 is 0 Å². The van der Waals surface area contributed by atoms with E-state index in [9.17, 15) is 29.4 Å². The van der Waals surface area contributed by atoms with E-state index in [1.165, 1.54) is 29.2 Å². The van der Waals surface area contributed by atoms with Crippen LogP contribution in [-0.2, 0) is 36.3 Å². The van der Waals surface area contributed by atoms with Gasteiger partial charge in [-0.05, 0) is 85.4 Å². The van der Waals surface area contributed by atoms with Crippen molar-refractivity contribution in [2.45, 2.75) is 135 Å². The molecule has 0 radical (unpaired) electrons. The molecule has 2 unspecified atom stereocenters. The fraction of sp³-hybridized carbons (Fsp3) is 0.527. The number of hydrogen-bond donors (Lipinski definition) is 2. The van der Waals surface area contributed by atoms with Crippen LogP contribution in [-0.4, -0.2) is 84.4 Å². The Bertz CT molecular complexity index is 2590. The van der Waals surface area contributed by atoms with Gasteiger partial charge in [0.25, 0.3) is 22.2 Å². The van der Waals surface area contributed by atoms with E-state index in [1.54, 1.807) is 12.1 Å². The van der Waals surface area contributed by atoms with Crippen LogP contribution in [0, 0.1) is 0 Å². The number of aliphatic hydroxyl groups is 2. The lowest BCUT2D eigenvalue weighted by molar-refractivity contribution is 0.00983. The second kappa shape index (κ2) is 25.9. The van der Waals surface area contributed by atoms with E-state index in [0.717, 1.165) is 79.0 Å². The van der Waals surface area contributed by atoms with Crippen molar-refractivity contribution in [3.05, 3.63) is 132 Å². The molecule has 0 spiro atoms. The van der Waals surface area contributed by atoms with Crippen molar-refractivity contribution in [1.82, 2.24) is 9.13 Å². The third-order valence-electron chi connectivity index (χ3n) is 12.8. The molecular weight excluding hydrogens is 881 g/mol. The summed E-state index contributed by atoms with van der Waals surface area (Å²) in [6, 6.07) is 14.1. The number of benzene rings is 3. The molecule has 2 aromatic heterocycles. The molecule has 0 fully saturated rings. The summed E-state index contributed by atoms with van der Waals surface area (Å²) in [6.07, 6.45) is 9.52. The van der Waals surface area contributed by atoms with E-state index in [2.05, 4.69) is 53.8 Å². The molecule has 14 nitrogen and oxygen atoms in total. The van der Waals surface area contributed by atoms with Crippen molar-refractivity contribution in [1.29, 1.82) is 0 Å². The van der Waals surface area contributed by atoms with Crippen molar-refractivity contribution in [2.24, 2.45) is 0 Å². The third kappa shape index (κ3) is 13.8. The van der Waals surface area contributed by atoms with Gasteiger partial charge in [0.15, 0.2) is 0 Å². The number of unbranched alkanes of at least 4 members (excludes halogenated alkanes) is 5. The summed E-state index contributed by atoms with van der Waals surface area (Å²) < 4.78 is 36.4. The smallest absolute Gasteiger partial charge is 0.266 e. The van der Waals surface area contributed by atoms with E-state index in [4.69, 9.17) is 28.4 Å². The van der Waals surface area contributed by atoms with Crippen LogP contribution in [0.2, 0.25) is 0 Å². The molecule has 3 aromatic carbocycles. The Hall–Kier alpha value is -5.54. The summed E-state index contributed by atoms with van der Waals surface area (Å²) >= 11 is 0. The number of aromatic nitrogens is 2. The highest BCUT2D eigenvalue weighted by molar-refractivity contribution is 5.98. The molecule has 5 rings (SSSR count). The molecule has 376 valence electrons. The Morgan fingerprint density at radius 1 is 0.580 bits per heavy atom. The van der Waals surface area contributed by atoms with Crippen molar-refractivity contribution < 1.29 is 38.6 Å². The standard InChI is InChI=1S/C55H74N2O12/c1-9-13-15-24-54(5,6)46-30-38(20-22-48(46)68-36-40(58)34-66-28-18-16-26-64-11-3)55(7,8)39-21-23-49(69-37-41(59)35-67-29-19-17-27-65-12-4)47(31-39)57-52(62)44-32-42-43(33-45(44)53(57)63)51(61)56(50(42)60)25-14-10-2/h11-12,20-23,30-33,40-41,58-59H,3-4,9-10,13-19,24-29,34-37H2,1-2,5-8H3. The van der Waals surface area contributed by atoms with E-state index < -0.39 is 39.9 Å². The minimum absolute atomic E-state index is 0.00483. The van der Waals surface area contributed by atoms with Crippen molar-refractivity contribution >= 4 is 21.5 Å². The normalized spacial score (nSPS) is 12.9. The maximum atomic E-state index is 14.5. The quantitative estimate of drug-likeness (QED) is 0.0305. The van der Waals surface area contributed by atoms with E-state index in [-0.39, 0.29) is 71.4 Å². The van der Waals surface area contributed by atoms with Crippen molar-refractivity contribution in [3.63, 3.8) is 0 Å². The van der Waals surface area contributed by atoms with Gasteiger partial charge in [-0.3, -0.25) is 23.7 Å². The molecule has 0 saturated heterocycles. The van der Waals surface area contributed by atoms with Gasteiger partial charge < -0.3 is 38.6 Å². The Kier molecular flexibility index (Phi) is 20.4. The van der Waals surface area contributed by atoms with Crippen molar-refractivity contribution in [2.75, 3.05) is 52.9 Å². The lowest BCUT2D eigenvalue weighted by atomic mass is 9.73. The first-order valence-corrected chi connectivity index (χ1v) is 24.6. The fourth-order valence-electron chi connectivity index (χ4n) is 8.51. The molecule has 0 aliphatic heterocycles. The van der Waals surface area contributed by atoms with Gasteiger partial charge in [0.1, 0.15) is 36.9 Å². The zero-order valence-electron chi connectivity index (χ0n) is 41.6. The Morgan fingerprint density at radius 3 is 1.58 bits per heavy atom. The first-order chi connectivity index (χ1) is 33.1. The van der Waals surface area contributed by atoms with Gasteiger partial charge in [0.05, 0.1) is 66.2 Å². The van der Waals surface area contributed by atoms with E-state index >= 15 is 0 Å². The molecule has 0 saturated carbocycles. The number of nitrogens with zero attached hydrogens (tertiary/aromatic N) is 2. The molecule has 2 N–H and O–H groups in total. The molecule has 2 heterocycles. The summed E-state index contributed by atoms with van der Waals surface area (Å²) in [7, 11) is 0. The molecule has 14 heteroatoms. The highest BCUT2D eigenvalue weighted by atomic mass is 16.5. The topological polar surface area (TPSA) is 174 Å². The second-order valence-corrected chi connectivity index (χ2v) is 18.9. The monoisotopic (exact) mass is 955 g/mol. The summed E-state index contributed by atoms with van der Waals surface area (Å²) in [4.78, 5) is 55.8. The fourth-order valence-corrected chi connectivity index (χ4v) is 8.51. The first-order valence-electron chi connectivity index (χ1n) is 24.6. The van der Waals surface area contributed by atoms with Gasteiger partial charge in [-0.15, -0.1) is 0 Å². The number of rotatable bonds is 33. The maximum Gasteiger partial charge on any atom is 0.266 e. The Labute approximate surface area is 405 Å². The second-order valence-electron chi connectivity index (χ2n) is 18.9. The molecule has 0 bridgehead atoms. The summed E-state index contributed by atoms with van der Waals surface area (Å²) in [6.45, 7) is 21.9. The van der Waals surface area contributed by atoms with Crippen LogP contribution in [0.5, 0.6) is 11.5 Å². The average Bonchev–Trinajstić information content (AvgIpc) is 3.72. The molecule has 0 amide bonds. The summed E-state index contributed by atoms with van der Waals surface area (Å²) in [5.41, 5.74) is -0.560. The van der Waals surface area contributed by atoms with Crippen LogP contribution in [0.25, 0.3) is 27.2 Å². The maximum absolute atomic E-state index is 14.5. The third-order valence-corrected chi connectivity index (χ3v) is 12.8. The minimum Gasteiger partial charge on any atom is -0.502 e. The van der Waals surface area contributed by atoms with Gasteiger partial charge in [-0.25, -0.2) is 4.57 Å². The van der Waals surface area contributed by atoms with Crippen LogP contribution in [0.15, 0.2) is 93.4 Å². The summed E-state index contributed by atoms with van der Waals surface area (Å²) in [5, 5.41) is 21.9. The molecular formula is C55H74N2O12. The molecule has 0 aliphatic carbocycles. The van der Waals surface area contributed by atoms with Gasteiger partial charge in [0, 0.05) is 30.7 Å².